The fraction of sp³-hybridized carbons (Fsp3) is 0.500. The van der Waals surface area contributed by atoms with E-state index in [1.54, 1.807) is 6.07 Å². The van der Waals surface area contributed by atoms with Gasteiger partial charge in [-0.2, -0.15) is 11.8 Å². The lowest BCUT2D eigenvalue weighted by Gasteiger charge is -2.10. The summed E-state index contributed by atoms with van der Waals surface area (Å²) < 4.78 is 0.767. The van der Waals surface area contributed by atoms with Crippen molar-refractivity contribution in [2.75, 3.05) is 18.1 Å². The largest absolute Gasteiger partial charge is 0.507 e. The number of phenols is 1. The van der Waals surface area contributed by atoms with Gasteiger partial charge in [-0.1, -0.05) is 6.07 Å². The minimum Gasteiger partial charge on any atom is -0.507 e. The van der Waals surface area contributed by atoms with Crippen molar-refractivity contribution < 1.29 is 5.11 Å². The summed E-state index contributed by atoms with van der Waals surface area (Å²) in [4.78, 5) is 0. The predicted octanol–water partition coefficient (Wildman–Crippen LogP) is 3.00. The number of halogens is 1. The van der Waals surface area contributed by atoms with Gasteiger partial charge in [0.1, 0.15) is 5.75 Å². The van der Waals surface area contributed by atoms with Crippen molar-refractivity contribution in [2.24, 2.45) is 5.92 Å². The zero-order valence-corrected chi connectivity index (χ0v) is 11.5. The van der Waals surface area contributed by atoms with E-state index in [1.165, 1.54) is 23.5 Å². The lowest BCUT2D eigenvalue weighted by Crippen LogP contribution is -2.22. The molecule has 1 unspecified atom stereocenters. The van der Waals surface area contributed by atoms with E-state index in [-0.39, 0.29) is 0 Å². The minimum atomic E-state index is 0.302. The Morgan fingerprint density at radius 1 is 1.50 bits per heavy atom. The van der Waals surface area contributed by atoms with Gasteiger partial charge < -0.3 is 10.4 Å². The van der Waals surface area contributed by atoms with Gasteiger partial charge in [0.25, 0.3) is 0 Å². The Bertz CT molecular complexity index is 353. The molecule has 1 aliphatic heterocycles. The number of rotatable bonds is 4. The van der Waals surface area contributed by atoms with Crippen LogP contribution in [0.2, 0.25) is 0 Å². The van der Waals surface area contributed by atoms with E-state index in [2.05, 4.69) is 33.0 Å². The zero-order chi connectivity index (χ0) is 11.4. The Morgan fingerprint density at radius 3 is 3.06 bits per heavy atom. The third-order valence-corrected chi connectivity index (χ3v) is 4.66. The van der Waals surface area contributed by atoms with Crippen molar-refractivity contribution in [1.82, 2.24) is 5.32 Å². The van der Waals surface area contributed by atoms with Gasteiger partial charge in [0.15, 0.2) is 0 Å². The number of nitrogens with one attached hydrogen (secondary N) is 1. The smallest absolute Gasteiger partial charge is 0.129 e. The second-order valence-corrected chi connectivity index (χ2v) is 6.15. The molecule has 1 aromatic rings. The summed E-state index contributed by atoms with van der Waals surface area (Å²) in [5.41, 5.74) is 1.20. The van der Waals surface area contributed by atoms with Crippen LogP contribution in [0, 0.1) is 5.92 Å². The molecule has 1 aliphatic rings. The van der Waals surface area contributed by atoms with Gasteiger partial charge in [0.05, 0.1) is 4.47 Å². The molecule has 0 spiro atoms. The number of phenolic OH excluding ortho intramolecular Hbond substituents is 1. The molecular weight excluding hydrogens is 286 g/mol. The maximum Gasteiger partial charge on any atom is 0.129 e. The topological polar surface area (TPSA) is 32.3 Å². The number of aromatic hydroxyl groups is 1. The molecule has 0 radical (unpaired) electrons. The Balaban J connectivity index is 1.78. The number of hydrogen-bond donors (Lipinski definition) is 2. The SMILES string of the molecule is Oc1ccc(CNCC2CCSC2)cc1Br. The maximum atomic E-state index is 9.37. The van der Waals surface area contributed by atoms with Gasteiger partial charge in [-0.25, -0.2) is 0 Å². The highest BCUT2D eigenvalue weighted by Gasteiger charge is 2.14. The highest BCUT2D eigenvalue weighted by molar-refractivity contribution is 9.10. The molecule has 88 valence electrons. The van der Waals surface area contributed by atoms with E-state index < -0.39 is 0 Å². The summed E-state index contributed by atoms with van der Waals surface area (Å²) >= 11 is 5.38. The van der Waals surface area contributed by atoms with Crippen LogP contribution in [0.4, 0.5) is 0 Å². The molecule has 2 nitrogen and oxygen atoms in total. The molecule has 0 aromatic heterocycles. The Hall–Kier alpha value is -0.190. The highest BCUT2D eigenvalue weighted by Crippen LogP contribution is 2.25. The lowest BCUT2D eigenvalue weighted by atomic mass is 10.1. The van der Waals surface area contributed by atoms with Crippen LogP contribution < -0.4 is 5.32 Å². The maximum absolute atomic E-state index is 9.37. The molecule has 1 aromatic carbocycles. The molecular formula is C12H16BrNOS. The van der Waals surface area contributed by atoms with Crippen molar-refractivity contribution in [3.05, 3.63) is 28.2 Å². The Morgan fingerprint density at radius 2 is 2.38 bits per heavy atom. The van der Waals surface area contributed by atoms with Crippen LogP contribution in [0.1, 0.15) is 12.0 Å². The second-order valence-electron chi connectivity index (χ2n) is 4.15. The lowest BCUT2D eigenvalue weighted by molar-refractivity contribution is 0.471. The van der Waals surface area contributed by atoms with E-state index in [0.717, 1.165) is 23.5 Å². The third-order valence-electron chi connectivity index (χ3n) is 2.80. The Kier molecular flexibility index (Phi) is 4.55. The summed E-state index contributed by atoms with van der Waals surface area (Å²) in [6, 6.07) is 5.65. The fourth-order valence-electron chi connectivity index (χ4n) is 1.83. The van der Waals surface area contributed by atoms with Crippen LogP contribution in [0.25, 0.3) is 0 Å². The molecule has 2 rings (SSSR count). The van der Waals surface area contributed by atoms with Gasteiger partial charge in [-0.05, 0) is 64.0 Å². The summed E-state index contributed by atoms with van der Waals surface area (Å²) in [6.07, 6.45) is 1.34. The molecule has 0 saturated carbocycles. The number of benzene rings is 1. The average Bonchev–Trinajstić information content (AvgIpc) is 2.76. The fourth-order valence-corrected chi connectivity index (χ4v) is 3.54. The summed E-state index contributed by atoms with van der Waals surface area (Å²) in [6.45, 7) is 1.98. The monoisotopic (exact) mass is 301 g/mol. The minimum absolute atomic E-state index is 0.302. The highest BCUT2D eigenvalue weighted by atomic mass is 79.9. The van der Waals surface area contributed by atoms with Crippen LogP contribution in [0.15, 0.2) is 22.7 Å². The van der Waals surface area contributed by atoms with Crippen LogP contribution in [-0.2, 0) is 6.54 Å². The molecule has 1 atom stereocenters. The first-order valence-corrected chi connectivity index (χ1v) is 7.46. The molecule has 2 N–H and O–H groups in total. The number of thioether (sulfide) groups is 1. The molecule has 1 fully saturated rings. The first-order valence-electron chi connectivity index (χ1n) is 5.51. The van der Waals surface area contributed by atoms with E-state index in [1.807, 2.05) is 12.1 Å². The Labute approximate surface area is 109 Å². The molecule has 16 heavy (non-hydrogen) atoms. The van der Waals surface area contributed by atoms with Gasteiger partial charge in [-0.3, -0.25) is 0 Å². The molecule has 0 bridgehead atoms. The standard InChI is InChI=1S/C12H16BrNOS/c13-11-5-9(1-2-12(11)15)6-14-7-10-3-4-16-8-10/h1-2,5,10,14-15H,3-4,6-8H2. The summed E-state index contributed by atoms with van der Waals surface area (Å²) in [5.74, 6) is 3.75. The van der Waals surface area contributed by atoms with Gasteiger partial charge in [0, 0.05) is 6.54 Å². The molecule has 0 amide bonds. The van der Waals surface area contributed by atoms with E-state index in [9.17, 15) is 5.11 Å². The van der Waals surface area contributed by atoms with Gasteiger partial charge in [-0.15, -0.1) is 0 Å². The van der Waals surface area contributed by atoms with Gasteiger partial charge >= 0.3 is 0 Å². The average molecular weight is 302 g/mol. The summed E-state index contributed by atoms with van der Waals surface area (Å²) in [7, 11) is 0. The van der Waals surface area contributed by atoms with Crippen molar-refractivity contribution >= 4 is 27.7 Å². The van der Waals surface area contributed by atoms with Crippen molar-refractivity contribution in [2.45, 2.75) is 13.0 Å². The van der Waals surface area contributed by atoms with Crippen LogP contribution in [-0.4, -0.2) is 23.2 Å². The number of hydrogen-bond acceptors (Lipinski definition) is 3. The van der Waals surface area contributed by atoms with E-state index in [4.69, 9.17) is 0 Å². The first-order chi connectivity index (χ1) is 7.75. The van der Waals surface area contributed by atoms with E-state index in [0.29, 0.717) is 5.75 Å². The van der Waals surface area contributed by atoms with E-state index >= 15 is 0 Å². The van der Waals surface area contributed by atoms with Crippen LogP contribution >= 0.6 is 27.7 Å². The van der Waals surface area contributed by atoms with Crippen LogP contribution in [0.3, 0.4) is 0 Å². The second kappa shape index (κ2) is 5.94. The summed E-state index contributed by atoms with van der Waals surface area (Å²) in [5, 5.41) is 12.8. The zero-order valence-electron chi connectivity index (χ0n) is 9.08. The molecule has 0 aliphatic carbocycles. The van der Waals surface area contributed by atoms with Crippen molar-refractivity contribution in [3.8, 4) is 5.75 Å². The molecule has 1 heterocycles. The quantitative estimate of drug-likeness (QED) is 0.897. The third kappa shape index (κ3) is 3.40. The van der Waals surface area contributed by atoms with Crippen LogP contribution in [0.5, 0.6) is 5.75 Å². The predicted molar refractivity (Wildman–Crippen MR) is 72.9 cm³/mol. The first kappa shape index (κ1) is 12.3. The molecule has 1 saturated heterocycles. The van der Waals surface area contributed by atoms with Gasteiger partial charge in [0.2, 0.25) is 0 Å². The normalized spacial score (nSPS) is 20.2. The molecule has 4 heteroatoms. The van der Waals surface area contributed by atoms with Crippen molar-refractivity contribution in [3.63, 3.8) is 0 Å². The van der Waals surface area contributed by atoms with Crippen molar-refractivity contribution in [1.29, 1.82) is 0 Å².